The Labute approximate surface area is 183 Å². The van der Waals surface area contributed by atoms with Crippen LogP contribution in [0.25, 0.3) is 10.8 Å². The Balaban J connectivity index is 1.51. The smallest absolute Gasteiger partial charge is 0.313 e. The van der Waals surface area contributed by atoms with Crippen molar-refractivity contribution in [3.05, 3.63) is 77.4 Å². The fourth-order valence-corrected chi connectivity index (χ4v) is 4.37. The molecule has 0 saturated carbocycles. The van der Waals surface area contributed by atoms with Crippen molar-refractivity contribution in [3.63, 3.8) is 0 Å². The van der Waals surface area contributed by atoms with E-state index < -0.39 is 11.8 Å². The number of nitrogens with one attached hydrogen (secondary N) is 2. The Kier molecular flexibility index (Phi) is 6.33. The summed E-state index contributed by atoms with van der Waals surface area (Å²) in [5.74, 6) is -1.24. The van der Waals surface area contributed by atoms with Crippen molar-refractivity contribution in [3.8, 4) is 0 Å². The van der Waals surface area contributed by atoms with Gasteiger partial charge >= 0.3 is 11.8 Å². The van der Waals surface area contributed by atoms with Crippen molar-refractivity contribution >= 4 is 28.3 Å². The van der Waals surface area contributed by atoms with Crippen LogP contribution < -0.4 is 10.6 Å². The van der Waals surface area contributed by atoms with Crippen LogP contribution in [-0.4, -0.2) is 36.3 Å². The molecule has 0 aliphatic carbocycles. The van der Waals surface area contributed by atoms with E-state index in [2.05, 4.69) is 45.9 Å². The highest BCUT2D eigenvalue weighted by Crippen LogP contribution is 2.30. The summed E-state index contributed by atoms with van der Waals surface area (Å²) < 4.78 is 0. The Morgan fingerprint density at radius 2 is 1.61 bits per heavy atom. The van der Waals surface area contributed by atoms with E-state index in [1.54, 1.807) is 0 Å². The molecule has 0 radical (unpaired) electrons. The van der Waals surface area contributed by atoms with E-state index >= 15 is 0 Å². The zero-order valence-electron chi connectivity index (χ0n) is 18.2. The van der Waals surface area contributed by atoms with Crippen molar-refractivity contribution in [2.75, 3.05) is 25.0 Å². The fraction of sp³-hybridized carbons (Fsp3) is 0.308. The van der Waals surface area contributed by atoms with Crippen LogP contribution in [-0.2, 0) is 9.59 Å². The molecule has 1 aliphatic rings. The predicted octanol–water partition coefficient (Wildman–Crippen LogP) is 4.35. The maximum absolute atomic E-state index is 12.6. The van der Waals surface area contributed by atoms with Gasteiger partial charge < -0.3 is 10.6 Å². The number of benzene rings is 3. The average molecular weight is 416 g/mol. The van der Waals surface area contributed by atoms with Gasteiger partial charge in [0.25, 0.3) is 0 Å². The van der Waals surface area contributed by atoms with E-state index in [9.17, 15) is 9.59 Å². The van der Waals surface area contributed by atoms with Crippen molar-refractivity contribution in [2.45, 2.75) is 32.7 Å². The molecule has 1 saturated heterocycles. The van der Waals surface area contributed by atoms with Gasteiger partial charge in [-0.3, -0.25) is 14.5 Å². The maximum Gasteiger partial charge on any atom is 0.313 e. The van der Waals surface area contributed by atoms with E-state index in [1.807, 2.05) is 44.2 Å². The molecule has 2 N–H and O–H groups in total. The van der Waals surface area contributed by atoms with E-state index in [1.165, 1.54) is 16.3 Å². The summed E-state index contributed by atoms with van der Waals surface area (Å²) in [5, 5.41) is 8.01. The highest BCUT2D eigenvalue weighted by atomic mass is 16.2. The van der Waals surface area contributed by atoms with Crippen LogP contribution in [0.1, 0.15) is 35.6 Å². The molecular formula is C26H29N3O2. The molecule has 5 nitrogen and oxygen atoms in total. The minimum atomic E-state index is -0.633. The van der Waals surface area contributed by atoms with Crippen molar-refractivity contribution < 1.29 is 9.59 Å². The molecule has 0 bridgehead atoms. The summed E-state index contributed by atoms with van der Waals surface area (Å²) in [4.78, 5) is 27.5. The first-order valence-electron chi connectivity index (χ1n) is 10.9. The monoisotopic (exact) mass is 415 g/mol. The third-order valence-corrected chi connectivity index (χ3v) is 6.28. The average Bonchev–Trinajstić information content (AvgIpc) is 3.31. The maximum atomic E-state index is 12.6. The molecule has 4 rings (SSSR count). The number of likely N-dealkylation sites (tertiary alicyclic amines) is 1. The van der Waals surface area contributed by atoms with Crippen molar-refractivity contribution in [1.29, 1.82) is 0 Å². The van der Waals surface area contributed by atoms with Gasteiger partial charge in [0, 0.05) is 12.2 Å². The summed E-state index contributed by atoms with van der Waals surface area (Å²) in [6, 6.07) is 20.3. The molecule has 1 heterocycles. The number of rotatable bonds is 5. The van der Waals surface area contributed by atoms with Gasteiger partial charge in [-0.25, -0.2) is 0 Å². The summed E-state index contributed by atoms with van der Waals surface area (Å²) in [7, 11) is 0. The van der Waals surface area contributed by atoms with Crippen molar-refractivity contribution in [1.82, 2.24) is 10.2 Å². The number of anilines is 1. The molecular weight excluding hydrogens is 386 g/mol. The number of aryl methyl sites for hydroxylation is 1. The molecule has 31 heavy (non-hydrogen) atoms. The Morgan fingerprint density at radius 3 is 2.42 bits per heavy atom. The number of fused-ring (bicyclic) bond motifs is 1. The first-order valence-corrected chi connectivity index (χ1v) is 10.9. The lowest BCUT2D eigenvalue weighted by atomic mass is 9.97. The van der Waals surface area contributed by atoms with Gasteiger partial charge in [-0.2, -0.15) is 0 Å². The largest absolute Gasteiger partial charge is 0.346 e. The first kappa shape index (κ1) is 21.1. The molecule has 5 heteroatoms. The van der Waals surface area contributed by atoms with Gasteiger partial charge in [-0.1, -0.05) is 54.6 Å². The summed E-state index contributed by atoms with van der Waals surface area (Å²) in [5.41, 5.74) is 3.90. The number of hydrogen-bond donors (Lipinski definition) is 2. The third-order valence-electron chi connectivity index (χ3n) is 6.28. The highest BCUT2D eigenvalue weighted by molar-refractivity contribution is 6.39. The van der Waals surface area contributed by atoms with Crippen LogP contribution in [0.2, 0.25) is 0 Å². The standard InChI is InChI=1S/C26H29N3O2/c1-18-9-7-14-23(19(18)2)28-26(31)25(30)27-17-24(29-15-5-6-16-29)22-13-8-11-20-10-3-4-12-21(20)22/h3-4,7-14,24H,5-6,15-17H2,1-2H3,(H,27,30)(H,28,31)/t24-/m1/s1. The number of hydrogen-bond acceptors (Lipinski definition) is 3. The zero-order chi connectivity index (χ0) is 21.8. The van der Waals surface area contributed by atoms with E-state index in [0.717, 1.165) is 37.1 Å². The van der Waals surface area contributed by atoms with Gasteiger partial charge in [0.2, 0.25) is 0 Å². The third kappa shape index (κ3) is 4.62. The number of nitrogens with zero attached hydrogens (tertiary/aromatic N) is 1. The zero-order valence-corrected chi connectivity index (χ0v) is 18.2. The van der Waals surface area contributed by atoms with Gasteiger partial charge in [0.15, 0.2) is 0 Å². The van der Waals surface area contributed by atoms with Gasteiger partial charge in [-0.05, 0) is 73.3 Å². The lowest BCUT2D eigenvalue weighted by Gasteiger charge is -2.29. The van der Waals surface area contributed by atoms with Crippen LogP contribution in [0.15, 0.2) is 60.7 Å². The van der Waals surface area contributed by atoms with Gasteiger partial charge in [0.1, 0.15) is 0 Å². The lowest BCUT2D eigenvalue weighted by molar-refractivity contribution is -0.136. The Hall–Kier alpha value is -3.18. The molecule has 3 aromatic rings. The van der Waals surface area contributed by atoms with Crippen LogP contribution in [0.4, 0.5) is 5.69 Å². The second kappa shape index (κ2) is 9.31. The molecule has 1 atom stereocenters. The number of amides is 2. The van der Waals surface area contributed by atoms with Crippen LogP contribution in [0.3, 0.4) is 0 Å². The lowest BCUT2D eigenvalue weighted by Crippen LogP contribution is -2.41. The molecule has 1 fully saturated rings. The second-order valence-corrected chi connectivity index (χ2v) is 8.24. The minimum absolute atomic E-state index is 0.0334. The summed E-state index contributed by atoms with van der Waals surface area (Å²) >= 11 is 0. The fourth-order valence-electron chi connectivity index (χ4n) is 4.37. The number of carbonyl (C=O) groups is 2. The molecule has 0 spiro atoms. The molecule has 0 aromatic heterocycles. The van der Waals surface area contributed by atoms with E-state index in [0.29, 0.717) is 12.2 Å². The Morgan fingerprint density at radius 1 is 0.903 bits per heavy atom. The first-order chi connectivity index (χ1) is 15.0. The highest BCUT2D eigenvalue weighted by Gasteiger charge is 2.26. The topological polar surface area (TPSA) is 61.4 Å². The SMILES string of the molecule is Cc1cccc(NC(=O)C(=O)NC[C@H](c2cccc3ccccc23)N2CCCC2)c1C. The normalized spacial score (nSPS) is 15.0. The van der Waals surface area contributed by atoms with Crippen LogP contribution in [0, 0.1) is 13.8 Å². The van der Waals surface area contributed by atoms with E-state index in [4.69, 9.17) is 0 Å². The molecule has 3 aromatic carbocycles. The predicted molar refractivity (Wildman–Crippen MR) is 125 cm³/mol. The number of carbonyl (C=O) groups excluding carboxylic acids is 2. The van der Waals surface area contributed by atoms with Gasteiger partial charge in [-0.15, -0.1) is 0 Å². The molecule has 0 unspecified atom stereocenters. The molecule has 1 aliphatic heterocycles. The summed E-state index contributed by atoms with van der Waals surface area (Å²) in [6.07, 6.45) is 2.31. The summed E-state index contributed by atoms with van der Waals surface area (Å²) in [6.45, 7) is 6.31. The van der Waals surface area contributed by atoms with Crippen LogP contribution in [0.5, 0.6) is 0 Å². The minimum Gasteiger partial charge on any atom is -0.346 e. The van der Waals surface area contributed by atoms with Crippen LogP contribution >= 0.6 is 0 Å². The molecule has 2 amide bonds. The molecule has 160 valence electrons. The quantitative estimate of drug-likeness (QED) is 0.609. The van der Waals surface area contributed by atoms with E-state index in [-0.39, 0.29) is 6.04 Å². The Bertz CT molecular complexity index is 1100. The van der Waals surface area contributed by atoms with Gasteiger partial charge in [0.05, 0.1) is 6.04 Å². The second-order valence-electron chi connectivity index (χ2n) is 8.24. The van der Waals surface area contributed by atoms with Crippen molar-refractivity contribution in [2.24, 2.45) is 0 Å².